The van der Waals surface area contributed by atoms with Crippen LogP contribution in [-0.2, 0) is 22.6 Å². The quantitative estimate of drug-likeness (QED) is 0.401. The number of hydrogen-bond acceptors (Lipinski definition) is 4. The lowest BCUT2D eigenvalue weighted by molar-refractivity contribution is -0.122. The van der Waals surface area contributed by atoms with E-state index in [0.717, 1.165) is 39.7 Å². The summed E-state index contributed by atoms with van der Waals surface area (Å²) in [6, 6.07) is 19.1. The zero-order valence-electron chi connectivity index (χ0n) is 17.9. The number of rotatable bonds is 4. The summed E-state index contributed by atoms with van der Waals surface area (Å²) in [7, 11) is 0. The van der Waals surface area contributed by atoms with E-state index in [2.05, 4.69) is 10.2 Å². The minimum atomic E-state index is -0.807. The second-order valence-corrected chi connectivity index (χ2v) is 8.93. The van der Waals surface area contributed by atoms with Crippen LogP contribution in [0.15, 0.2) is 72.3 Å². The SMILES string of the molecule is O=C1NC(=O)N(c2cccc(Cl)c2)C(=O)/C1=C/c1ccc2c(c1)CCN2Cc1ccccc1Cl. The smallest absolute Gasteiger partial charge is 0.335 e. The summed E-state index contributed by atoms with van der Waals surface area (Å²) < 4.78 is 0. The highest BCUT2D eigenvalue weighted by Crippen LogP contribution is 2.32. The molecule has 0 saturated carbocycles. The van der Waals surface area contributed by atoms with Gasteiger partial charge in [0.05, 0.1) is 5.69 Å². The van der Waals surface area contributed by atoms with Crippen LogP contribution in [0.25, 0.3) is 6.08 Å². The lowest BCUT2D eigenvalue weighted by Gasteiger charge is -2.26. The largest absolute Gasteiger partial charge is 0.367 e. The molecule has 34 heavy (non-hydrogen) atoms. The summed E-state index contributed by atoms with van der Waals surface area (Å²) in [5.74, 6) is -1.43. The molecular weight excluding hydrogens is 473 g/mol. The number of anilines is 2. The summed E-state index contributed by atoms with van der Waals surface area (Å²) in [5, 5.41) is 3.34. The molecule has 1 fully saturated rings. The molecule has 170 valence electrons. The van der Waals surface area contributed by atoms with E-state index in [0.29, 0.717) is 17.1 Å². The number of nitrogens with zero attached hydrogens (tertiary/aromatic N) is 2. The van der Waals surface area contributed by atoms with Crippen LogP contribution in [0.1, 0.15) is 16.7 Å². The molecule has 0 aliphatic carbocycles. The van der Waals surface area contributed by atoms with Crippen molar-refractivity contribution in [3.8, 4) is 0 Å². The summed E-state index contributed by atoms with van der Waals surface area (Å²) >= 11 is 12.3. The van der Waals surface area contributed by atoms with Gasteiger partial charge in [-0.3, -0.25) is 14.9 Å². The standard InChI is InChI=1S/C26H19Cl2N3O3/c27-19-5-3-6-20(14-19)31-25(33)21(24(32)29-26(31)34)13-16-8-9-23-17(12-16)10-11-30(23)15-18-4-1-2-7-22(18)28/h1-9,12-14H,10-11,15H2,(H,29,32,34)/b21-13+. The Morgan fingerprint density at radius 1 is 0.941 bits per heavy atom. The van der Waals surface area contributed by atoms with Crippen molar-refractivity contribution in [2.24, 2.45) is 0 Å². The van der Waals surface area contributed by atoms with Crippen LogP contribution in [0.3, 0.4) is 0 Å². The van der Waals surface area contributed by atoms with Gasteiger partial charge in [0.25, 0.3) is 11.8 Å². The van der Waals surface area contributed by atoms with Crippen molar-refractivity contribution in [1.82, 2.24) is 5.32 Å². The molecule has 1 saturated heterocycles. The lowest BCUT2D eigenvalue weighted by Crippen LogP contribution is -2.54. The molecule has 4 amide bonds. The van der Waals surface area contributed by atoms with E-state index >= 15 is 0 Å². The van der Waals surface area contributed by atoms with Gasteiger partial charge in [-0.25, -0.2) is 9.69 Å². The number of urea groups is 1. The van der Waals surface area contributed by atoms with Crippen LogP contribution < -0.4 is 15.1 Å². The van der Waals surface area contributed by atoms with E-state index in [9.17, 15) is 14.4 Å². The van der Waals surface area contributed by atoms with Gasteiger partial charge in [0.15, 0.2) is 0 Å². The maximum absolute atomic E-state index is 13.1. The Hall–Kier alpha value is -3.61. The predicted octanol–water partition coefficient (Wildman–Crippen LogP) is 5.22. The molecule has 1 N–H and O–H groups in total. The third kappa shape index (κ3) is 4.18. The lowest BCUT2D eigenvalue weighted by atomic mass is 10.0. The van der Waals surface area contributed by atoms with E-state index in [1.807, 2.05) is 42.5 Å². The number of fused-ring (bicyclic) bond motifs is 1. The second kappa shape index (κ2) is 8.97. The van der Waals surface area contributed by atoms with Crippen molar-refractivity contribution in [2.75, 3.05) is 16.3 Å². The number of carbonyl (C=O) groups excluding carboxylic acids is 3. The second-order valence-electron chi connectivity index (χ2n) is 8.09. The maximum Gasteiger partial charge on any atom is 0.335 e. The van der Waals surface area contributed by atoms with E-state index < -0.39 is 17.8 Å². The van der Waals surface area contributed by atoms with Gasteiger partial charge in [-0.05, 0) is 65.6 Å². The average molecular weight is 492 g/mol. The molecule has 5 rings (SSSR count). The van der Waals surface area contributed by atoms with Gasteiger partial charge < -0.3 is 4.90 Å². The molecule has 3 aromatic carbocycles. The van der Waals surface area contributed by atoms with Crippen molar-refractivity contribution in [2.45, 2.75) is 13.0 Å². The summed E-state index contributed by atoms with van der Waals surface area (Å²) in [6.07, 6.45) is 2.35. The number of halogens is 2. The number of carbonyl (C=O) groups is 3. The average Bonchev–Trinajstić information content (AvgIpc) is 3.20. The van der Waals surface area contributed by atoms with Crippen LogP contribution in [0.4, 0.5) is 16.2 Å². The van der Waals surface area contributed by atoms with Gasteiger partial charge in [-0.2, -0.15) is 0 Å². The van der Waals surface area contributed by atoms with Crippen LogP contribution in [0.5, 0.6) is 0 Å². The molecule has 0 radical (unpaired) electrons. The number of imide groups is 2. The Labute approximate surface area is 206 Å². The molecule has 3 aromatic rings. The van der Waals surface area contributed by atoms with Crippen molar-refractivity contribution in [3.05, 3.63) is 99.0 Å². The van der Waals surface area contributed by atoms with Crippen LogP contribution in [0.2, 0.25) is 10.0 Å². The molecule has 0 aromatic heterocycles. The van der Waals surface area contributed by atoms with Gasteiger partial charge in [0.2, 0.25) is 0 Å². The molecule has 6 nitrogen and oxygen atoms in total. The van der Waals surface area contributed by atoms with Crippen LogP contribution in [-0.4, -0.2) is 24.4 Å². The monoisotopic (exact) mass is 491 g/mol. The fourth-order valence-electron chi connectivity index (χ4n) is 4.25. The molecule has 2 heterocycles. The Bertz CT molecular complexity index is 1370. The molecule has 2 aliphatic rings. The summed E-state index contributed by atoms with van der Waals surface area (Å²) in [6.45, 7) is 1.54. The highest BCUT2D eigenvalue weighted by Gasteiger charge is 2.37. The van der Waals surface area contributed by atoms with E-state index in [1.165, 1.54) is 12.1 Å². The Morgan fingerprint density at radius 2 is 1.76 bits per heavy atom. The number of benzene rings is 3. The fraction of sp³-hybridized carbons (Fsp3) is 0.115. The topological polar surface area (TPSA) is 69.7 Å². The normalized spacial score (nSPS) is 16.8. The number of amides is 4. The van der Waals surface area contributed by atoms with Gasteiger partial charge in [0.1, 0.15) is 5.57 Å². The first-order valence-corrected chi connectivity index (χ1v) is 11.4. The molecular formula is C26H19Cl2N3O3. The molecule has 0 bridgehead atoms. The minimum Gasteiger partial charge on any atom is -0.367 e. The highest BCUT2D eigenvalue weighted by atomic mass is 35.5. The zero-order valence-corrected chi connectivity index (χ0v) is 19.4. The third-order valence-electron chi connectivity index (χ3n) is 5.89. The first-order valence-electron chi connectivity index (χ1n) is 10.7. The first kappa shape index (κ1) is 22.2. The molecule has 0 unspecified atom stereocenters. The number of nitrogens with one attached hydrogen (secondary N) is 1. The molecule has 2 aliphatic heterocycles. The highest BCUT2D eigenvalue weighted by molar-refractivity contribution is 6.39. The molecule has 0 atom stereocenters. The van der Waals surface area contributed by atoms with E-state index in [4.69, 9.17) is 23.2 Å². The van der Waals surface area contributed by atoms with Gasteiger partial charge in [0, 0.05) is 28.8 Å². The molecule has 8 heteroatoms. The van der Waals surface area contributed by atoms with Crippen molar-refractivity contribution in [3.63, 3.8) is 0 Å². The predicted molar refractivity (Wildman–Crippen MR) is 133 cm³/mol. The maximum atomic E-state index is 13.1. The Kier molecular flexibility index (Phi) is 5.86. The fourth-order valence-corrected chi connectivity index (χ4v) is 4.63. The van der Waals surface area contributed by atoms with Gasteiger partial charge >= 0.3 is 6.03 Å². The summed E-state index contributed by atoms with van der Waals surface area (Å²) in [4.78, 5) is 41.1. The van der Waals surface area contributed by atoms with E-state index in [-0.39, 0.29) is 11.3 Å². The van der Waals surface area contributed by atoms with Gasteiger partial charge in [-0.1, -0.05) is 53.5 Å². The van der Waals surface area contributed by atoms with Crippen molar-refractivity contribution in [1.29, 1.82) is 0 Å². The first-order chi connectivity index (χ1) is 16.4. The van der Waals surface area contributed by atoms with Crippen LogP contribution in [0, 0.1) is 0 Å². The third-order valence-corrected chi connectivity index (χ3v) is 6.50. The van der Waals surface area contributed by atoms with Crippen molar-refractivity contribution >= 4 is 58.5 Å². The molecule has 0 spiro atoms. The number of barbiturate groups is 1. The Balaban J connectivity index is 1.42. The van der Waals surface area contributed by atoms with Gasteiger partial charge in [-0.15, -0.1) is 0 Å². The minimum absolute atomic E-state index is 0.120. The Morgan fingerprint density at radius 3 is 2.56 bits per heavy atom. The van der Waals surface area contributed by atoms with E-state index in [1.54, 1.807) is 18.2 Å². The number of hydrogen-bond donors (Lipinski definition) is 1. The van der Waals surface area contributed by atoms with Crippen molar-refractivity contribution < 1.29 is 14.4 Å². The van der Waals surface area contributed by atoms with Crippen LogP contribution >= 0.6 is 23.2 Å². The zero-order chi connectivity index (χ0) is 23.8. The summed E-state index contributed by atoms with van der Waals surface area (Å²) in [5.41, 5.74) is 4.14.